The van der Waals surface area contributed by atoms with E-state index in [9.17, 15) is 9.18 Å². The van der Waals surface area contributed by atoms with Gasteiger partial charge in [-0.25, -0.2) is 4.39 Å². The SMILES string of the molecule is Cc1ccc(CN(Cc2ccc(F)cc2)C(=O)CNCC2CC2)s1. The monoisotopic (exact) mass is 346 g/mol. The Morgan fingerprint density at radius 3 is 2.58 bits per heavy atom. The summed E-state index contributed by atoms with van der Waals surface area (Å²) in [5, 5.41) is 3.27. The fraction of sp³-hybridized carbons (Fsp3) is 0.421. The number of aryl methyl sites for hydroxylation is 1. The van der Waals surface area contributed by atoms with Gasteiger partial charge >= 0.3 is 0 Å². The van der Waals surface area contributed by atoms with Crippen LogP contribution in [0.3, 0.4) is 0 Å². The van der Waals surface area contributed by atoms with Crippen LogP contribution in [-0.4, -0.2) is 23.9 Å². The molecule has 3 rings (SSSR count). The van der Waals surface area contributed by atoms with E-state index >= 15 is 0 Å². The van der Waals surface area contributed by atoms with E-state index in [1.165, 1.54) is 34.7 Å². The third kappa shape index (κ3) is 5.14. The Hall–Kier alpha value is -1.72. The second-order valence-electron chi connectivity index (χ2n) is 6.46. The Morgan fingerprint density at radius 1 is 1.21 bits per heavy atom. The first-order valence-electron chi connectivity index (χ1n) is 8.38. The van der Waals surface area contributed by atoms with Gasteiger partial charge in [0.15, 0.2) is 0 Å². The minimum Gasteiger partial charge on any atom is -0.332 e. The molecular formula is C19H23FN2OS. The first-order chi connectivity index (χ1) is 11.6. The van der Waals surface area contributed by atoms with E-state index in [2.05, 4.69) is 24.4 Å². The van der Waals surface area contributed by atoms with E-state index in [1.807, 2.05) is 4.90 Å². The number of benzene rings is 1. The summed E-state index contributed by atoms with van der Waals surface area (Å²) >= 11 is 1.71. The molecule has 1 N–H and O–H groups in total. The molecule has 5 heteroatoms. The summed E-state index contributed by atoms with van der Waals surface area (Å²) < 4.78 is 13.1. The van der Waals surface area contributed by atoms with Crippen molar-refractivity contribution < 1.29 is 9.18 Å². The maximum atomic E-state index is 13.1. The molecule has 2 aromatic rings. The number of nitrogens with one attached hydrogen (secondary N) is 1. The second kappa shape index (κ2) is 7.90. The van der Waals surface area contributed by atoms with Gasteiger partial charge in [0, 0.05) is 16.3 Å². The van der Waals surface area contributed by atoms with Crippen LogP contribution in [0, 0.1) is 18.7 Å². The number of hydrogen-bond donors (Lipinski definition) is 1. The number of thiophene rings is 1. The summed E-state index contributed by atoms with van der Waals surface area (Å²) in [6.07, 6.45) is 2.55. The predicted molar refractivity (Wildman–Crippen MR) is 95.3 cm³/mol. The quantitative estimate of drug-likeness (QED) is 0.790. The Balaban J connectivity index is 1.63. The van der Waals surface area contributed by atoms with Crippen LogP contribution in [0.5, 0.6) is 0 Å². The van der Waals surface area contributed by atoms with Gasteiger partial charge in [0.2, 0.25) is 5.91 Å². The van der Waals surface area contributed by atoms with Crippen molar-refractivity contribution in [2.45, 2.75) is 32.9 Å². The minimum atomic E-state index is -0.253. The maximum Gasteiger partial charge on any atom is 0.237 e. The summed E-state index contributed by atoms with van der Waals surface area (Å²) in [5.41, 5.74) is 0.945. The van der Waals surface area contributed by atoms with Gasteiger partial charge in [0.25, 0.3) is 0 Å². The van der Waals surface area contributed by atoms with Crippen molar-refractivity contribution in [3.63, 3.8) is 0 Å². The van der Waals surface area contributed by atoms with Crippen LogP contribution in [0.15, 0.2) is 36.4 Å². The molecule has 1 aromatic carbocycles. The van der Waals surface area contributed by atoms with Gasteiger partial charge in [-0.3, -0.25) is 4.79 Å². The molecule has 0 spiro atoms. The van der Waals surface area contributed by atoms with Crippen molar-refractivity contribution in [3.8, 4) is 0 Å². The lowest BCUT2D eigenvalue weighted by molar-refractivity contribution is -0.131. The van der Waals surface area contributed by atoms with E-state index in [0.29, 0.717) is 19.6 Å². The summed E-state index contributed by atoms with van der Waals surface area (Å²) in [5.74, 6) is 0.589. The molecule has 0 radical (unpaired) electrons. The molecule has 3 nitrogen and oxygen atoms in total. The molecular weight excluding hydrogens is 323 g/mol. The molecule has 1 amide bonds. The number of nitrogens with zero attached hydrogens (tertiary/aromatic N) is 1. The van der Waals surface area contributed by atoms with Gasteiger partial charge in [0.05, 0.1) is 13.1 Å². The van der Waals surface area contributed by atoms with Crippen molar-refractivity contribution in [2.24, 2.45) is 5.92 Å². The lowest BCUT2D eigenvalue weighted by Gasteiger charge is -2.22. The lowest BCUT2D eigenvalue weighted by atomic mass is 10.2. The Bertz CT molecular complexity index is 679. The number of hydrogen-bond acceptors (Lipinski definition) is 3. The smallest absolute Gasteiger partial charge is 0.237 e. The number of halogens is 1. The van der Waals surface area contributed by atoms with Crippen LogP contribution >= 0.6 is 11.3 Å². The molecule has 1 aliphatic rings. The third-order valence-electron chi connectivity index (χ3n) is 4.19. The zero-order valence-electron chi connectivity index (χ0n) is 13.9. The largest absolute Gasteiger partial charge is 0.332 e. The number of carbonyl (C=O) groups is 1. The van der Waals surface area contributed by atoms with Crippen LogP contribution in [0.25, 0.3) is 0 Å². The van der Waals surface area contributed by atoms with E-state index in [1.54, 1.807) is 23.5 Å². The van der Waals surface area contributed by atoms with Crippen LogP contribution < -0.4 is 5.32 Å². The summed E-state index contributed by atoms with van der Waals surface area (Å²) in [4.78, 5) is 16.9. The fourth-order valence-electron chi connectivity index (χ4n) is 2.62. The molecule has 1 heterocycles. The molecule has 1 saturated carbocycles. The van der Waals surface area contributed by atoms with Crippen molar-refractivity contribution in [1.82, 2.24) is 10.2 Å². The molecule has 1 aromatic heterocycles. The third-order valence-corrected chi connectivity index (χ3v) is 5.17. The summed E-state index contributed by atoms with van der Waals surface area (Å²) in [6.45, 7) is 4.45. The standard InChI is InChI=1S/C19H23FN2OS/c1-14-2-9-18(24-14)13-22(12-16-5-7-17(20)8-6-16)19(23)11-21-10-15-3-4-15/h2,5-9,15,21H,3-4,10-13H2,1H3. The maximum absolute atomic E-state index is 13.1. The van der Waals surface area contributed by atoms with Crippen LogP contribution in [0.4, 0.5) is 4.39 Å². The van der Waals surface area contributed by atoms with Gasteiger partial charge in [-0.1, -0.05) is 12.1 Å². The first kappa shape index (κ1) is 17.1. The van der Waals surface area contributed by atoms with Crippen molar-refractivity contribution >= 4 is 17.2 Å². The van der Waals surface area contributed by atoms with Crippen LogP contribution in [0.2, 0.25) is 0 Å². The number of amides is 1. The lowest BCUT2D eigenvalue weighted by Crippen LogP contribution is -2.37. The first-order valence-corrected chi connectivity index (χ1v) is 9.20. The van der Waals surface area contributed by atoms with E-state index in [4.69, 9.17) is 0 Å². The second-order valence-corrected chi connectivity index (χ2v) is 7.84. The minimum absolute atomic E-state index is 0.0889. The van der Waals surface area contributed by atoms with Crippen LogP contribution in [0.1, 0.15) is 28.2 Å². The molecule has 0 unspecified atom stereocenters. The summed E-state index contributed by atoms with van der Waals surface area (Å²) in [6, 6.07) is 10.5. The average Bonchev–Trinajstić information content (AvgIpc) is 3.29. The van der Waals surface area contributed by atoms with Gasteiger partial charge in [-0.15, -0.1) is 11.3 Å². The highest BCUT2D eigenvalue weighted by Gasteiger charge is 2.21. The van der Waals surface area contributed by atoms with Gasteiger partial charge < -0.3 is 10.2 Å². The van der Waals surface area contributed by atoms with E-state index in [-0.39, 0.29) is 11.7 Å². The van der Waals surface area contributed by atoms with E-state index < -0.39 is 0 Å². The zero-order valence-corrected chi connectivity index (χ0v) is 14.7. The predicted octanol–water partition coefficient (Wildman–Crippen LogP) is 3.72. The fourth-order valence-corrected chi connectivity index (χ4v) is 3.52. The van der Waals surface area contributed by atoms with E-state index in [0.717, 1.165) is 18.0 Å². The highest BCUT2D eigenvalue weighted by atomic mass is 32.1. The Kier molecular flexibility index (Phi) is 5.63. The Morgan fingerprint density at radius 2 is 1.96 bits per heavy atom. The average molecular weight is 346 g/mol. The van der Waals surface area contributed by atoms with Gasteiger partial charge in [0.1, 0.15) is 5.82 Å². The number of carbonyl (C=O) groups excluding carboxylic acids is 1. The normalized spacial score (nSPS) is 13.9. The molecule has 0 atom stereocenters. The highest BCUT2D eigenvalue weighted by molar-refractivity contribution is 7.11. The molecule has 128 valence electrons. The van der Waals surface area contributed by atoms with Crippen molar-refractivity contribution in [1.29, 1.82) is 0 Å². The molecule has 0 saturated heterocycles. The molecule has 0 aliphatic heterocycles. The zero-order chi connectivity index (χ0) is 16.9. The number of rotatable bonds is 8. The van der Waals surface area contributed by atoms with Crippen molar-refractivity contribution in [2.75, 3.05) is 13.1 Å². The molecule has 1 fully saturated rings. The Labute approximate surface area is 146 Å². The highest BCUT2D eigenvalue weighted by Crippen LogP contribution is 2.27. The molecule has 0 bridgehead atoms. The van der Waals surface area contributed by atoms with Crippen LogP contribution in [-0.2, 0) is 17.9 Å². The van der Waals surface area contributed by atoms with Crippen molar-refractivity contribution in [3.05, 3.63) is 57.5 Å². The van der Waals surface area contributed by atoms with Gasteiger partial charge in [-0.2, -0.15) is 0 Å². The molecule has 24 heavy (non-hydrogen) atoms. The van der Waals surface area contributed by atoms with Gasteiger partial charge in [-0.05, 0) is 62.1 Å². The summed E-state index contributed by atoms with van der Waals surface area (Å²) in [7, 11) is 0. The molecule has 1 aliphatic carbocycles. The topological polar surface area (TPSA) is 32.3 Å².